The van der Waals surface area contributed by atoms with E-state index in [0.29, 0.717) is 5.69 Å². The van der Waals surface area contributed by atoms with Crippen LogP contribution in [0.5, 0.6) is 0 Å². The first-order valence-corrected chi connectivity index (χ1v) is 6.22. The fourth-order valence-corrected chi connectivity index (χ4v) is 2.22. The molecule has 0 aliphatic heterocycles. The van der Waals surface area contributed by atoms with Crippen molar-refractivity contribution in [1.29, 1.82) is 0 Å². The Morgan fingerprint density at radius 2 is 1.94 bits per heavy atom. The van der Waals surface area contributed by atoms with Crippen LogP contribution in [-0.2, 0) is 16.6 Å². The van der Waals surface area contributed by atoms with Gasteiger partial charge in [0, 0.05) is 12.4 Å². The van der Waals surface area contributed by atoms with Gasteiger partial charge in [-0.25, -0.2) is 0 Å². The minimum Gasteiger partial charge on any atom is -0.445 e. The molecule has 0 aliphatic rings. The molecule has 0 amide bonds. The van der Waals surface area contributed by atoms with Gasteiger partial charge < -0.3 is 9.52 Å². The van der Waals surface area contributed by atoms with Crippen molar-refractivity contribution in [2.24, 2.45) is 0 Å². The van der Waals surface area contributed by atoms with Gasteiger partial charge in [0.1, 0.15) is 12.4 Å². The van der Waals surface area contributed by atoms with Gasteiger partial charge in [0.05, 0.1) is 5.69 Å². The van der Waals surface area contributed by atoms with Gasteiger partial charge in [-0.2, -0.15) is 8.42 Å². The second kappa shape index (κ2) is 4.56. The van der Waals surface area contributed by atoms with Crippen molar-refractivity contribution in [1.82, 2.24) is 4.98 Å². The highest BCUT2D eigenvalue weighted by Crippen LogP contribution is 2.17. The topological polar surface area (TPSA) is 92.4 Å². The average molecular weight is 254 g/mol. The van der Waals surface area contributed by atoms with E-state index >= 15 is 0 Å². The molecule has 0 fully saturated rings. The maximum atomic E-state index is 11.8. The molecule has 2 heterocycles. The van der Waals surface area contributed by atoms with Gasteiger partial charge in [-0.3, -0.25) is 9.71 Å². The van der Waals surface area contributed by atoms with Gasteiger partial charge in [-0.15, -0.1) is 0 Å². The van der Waals surface area contributed by atoms with Crippen LogP contribution in [-0.4, -0.2) is 18.5 Å². The van der Waals surface area contributed by atoms with Gasteiger partial charge >= 0.3 is 0 Å². The van der Waals surface area contributed by atoms with Crippen LogP contribution in [0.2, 0.25) is 0 Å². The standard InChI is InChI=1S/C10H10N2O4S/c13-7-9-1-2-10(16-9)17(14,15)12-8-3-5-11-6-4-8/h1-6,13H,7H2,(H,11,12). The Balaban J connectivity index is 2.25. The van der Waals surface area contributed by atoms with Crippen molar-refractivity contribution in [3.8, 4) is 0 Å². The second-order valence-corrected chi connectivity index (χ2v) is 4.83. The number of anilines is 1. The first kappa shape index (κ1) is 11.6. The maximum absolute atomic E-state index is 11.8. The first-order valence-electron chi connectivity index (χ1n) is 4.74. The molecular weight excluding hydrogens is 244 g/mol. The summed E-state index contributed by atoms with van der Waals surface area (Å²) >= 11 is 0. The van der Waals surface area contributed by atoms with Crippen LogP contribution < -0.4 is 4.72 Å². The third-order valence-electron chi connectivity index (χ3n) is 1.99. The predicted molar refractivity (Wildman–Crippen MR) is 59.7 cm³/mol. The summed E-state index contributed by atoms with van der Waals surface area (Å²) in [5, 5.41) is 8.55. The summed E-state index contributed by atoms with van der Waals surface area (Å²) in [4.78, 5) is 3.77. The summed E-state index contributed by atoms with van der Waals surface area (Å²) in [5.74, 6) is 0.195. The van der Waals surface area contributed by atoms with Gasteiger partial charge in [0.25, 0.3) is 10.0 Å². The Kier molecular flexibility index (Phi) is 3.12. The van der Waals surface area contributed by atoms with E-state index < -0.39 is 10.0 Å². The molecule has 17 heavy (non-hydrogen) atoms. The van der Waals surface area contributed by atoms with Crippen molar-refractivity contribution in [2.45, 2.75) is 11.7 Å². The molecule has 0 aromatic carbocycles. The van der Waals surface area contributed by atoms with Crippen LogP contribution in [0.4, 0.5) is 5.69 Å². The second-order valence-electron chi connectivity index (χ2n) is 3.22. The van der Waals surface area contributed by atoms with Gasteiger partial charge in [0.2, 0.25) is 5.09 Å². The van der Waals surface area contributed by atoms with Crippen LogP contribution in [0.1, 0.15) is 5.76 Å². The van der Waals surface area contributed by atoms with E-state index in [-0.39, 0.29) is 17.5 Å². The summed E-state index contributed by atoms with van der Waals surface area (Å²) in [6.07, 6.45) is 2.94. The number of hydrogen-bond acceptors (Lipinski definition) is 5. The zero-order chi connectivity index (χ0) is 12.3. The monoisotopic (exact) mass is 254 g/mol. The van der Waals surface area contributed by atoms with Crippen molar-refractivity contribution in [2.75, 3.05) is 4.72 Å². The Morgan fingerprint density at radius 3 is 2.53 bits per heavy atom. The SMILES string of the molecule is O=S(=O)(Nc1ccncc1)c1ccc(CO)o1. The van der Waals surface area contributed by atoms with Crippen LogP contribution in [0.25, 0.3) is 0 Å². The van der Waals surface area contributed by atoms with E-state index in [1.165, 1.54) is 36.7 Å². The molecule has 2 aromatic rings. The number of aromatic nitrogens is 1. The van der Waals surface area contributed by atoms with E-state index in [4.69, 9.17) is 9.52 Å². The molecule has 90 valence electrons. The minimum atomic E-state index is -3.76. The van der Waals surface area contributed by atoms with Crippen LogP contribution in [0.15, 0.2) is 46.2 Å². The quantitative estimate of drug-likeness (QED) is 0.848. The lowest BCUT2D eigenvalue weighted by molar-refractivity contribution is 0.236. The molecule has 0 aliphatic carbocycles. The first-order chi connectivity index (χ1) is 8.12. The van der Waals surface area contributed by atoms with E-state index in [9.17, 15) is 8.42 Å². The largest absolute Gasteiger partial charge is 0.445 e. The normalized spacial score (nSPS) is 11.4. The number of rotatable bonds is 4. The highest BCUT2D eigenvalue weighted by Gasteiger charge is 2.18. The zero-order valence-corrected chi connectivity index (χ0v) is 9.52. The molecule has 0 saturated heterocycles. The van der Waals surface area contributed by atoms with E-state index in [2.05, 4.69) is 9.71 Å². The summed E-state index contributed by atoms with van der Waals surface area (Å²) in [6.45, 7) is -0.342. The summed E-state index contributed by atoms with van der Waals surface area (Å²) in [5.41, 5.74) is 0.391. The van der Waals surface area contributed by atoms with E-state index in [1.807, 2.05) is 0 Å². The van der Waals surface area contributed by atoms with Crippen LogP contribution >= 0.6 is 0 Å². The van der Waals surface area contributed by atoms with Gasteiger partial charge in [-0.05, 0) is 24.3 Å². The lowest BCUT2D eigenvalue weighted by atomic mass is 10.4. The highest BCUT2D eigenvalue weighted by molar-refractivity contribution is 7.92. The lowest BCUT2D eigenvalue weighted by Crippen LogP contribution is -2.12. The molecule has 0 unspecified atom stereocenters. The van der Waals surface area contributed by atoms with Gasteiger partial charge in [-0.1, -0.05) is 0 Å². The van der Waals surface area contributed by atoms with E-state index in [1.54, 1.807) is 0 Å². The number of sulfonamides is 1. The molecule has 0 saturated carbocycles. The molecule has 0 atom stereocenters. The Hall–Kier alpha value is -1.86. The Bertz CT molecular complexity index is 592. The molecule has 6 nitrogen and oxygen atoms in total. The van der Waals surface area contributed by atoms with Gasteiger partial charge in [0.15, 0.2) is 0 Å². The predicted octanol–water partition coefficient (Wildman–Crippen LogP) is 0.968. The summed E-state index contributed by atoms with van der Waals surface area (Å²) in [6, 6.07) is 5.73. The summed E-state index contributed by atoms with van der Waals surface area (Å²) in [7, 11) is -3.76. The molecule has 2 N–H and O–H groups in total. The van der Waals surface area contributed by atoms with Crippen molar-refractivity contribution < 1.29 is 17.9 Å². The number of furan rings is 1. The third-order valence-corrected chi connectivity index (χ3v) is 3.24. The molecule has 0 spiro atoms. The van der Waals surface area contributed by atoms with Crippen LogP contribution in [0, 0.1) is 0 Å². The molecule has 0 bridgehead atoms. The zero-order valence-electron chi connectivity index (χ0n) is 8.70. The molecule has 2 rings (SSSR count). The minimum absolute atomic E-state index is 0.195. The number of nitrogens with one attached hydrogen (secondary N) is 1. The molecular formula is C10H10N2O4S. The lowest BCUT2D eigenvalue weighted by Gasteiger charge is -2.04. The highest BCUT2D eigenvalue weighted by atomic mass is 32.2. The summed E-state index contributed by atoms with van der Waals surface area (Å²) < 4.78 is 30.9. The van der Waals surface area contributed by atoms with E-state index in [0.717, 1.165) is 0 Å². The number of aliphatic hydroxyl groups is 1. The Labute approximate surface area is 98.0 Å². The molecule has 0 radical (unpaired) electrons. The number of aliphatic hydroxyl groups excluding tert-OH is 1. The van der Waals surface area contributed by atoms with Crippen molar-refractivity contribution in [3.63, 3.8) is 0 Å². The van der Waals surface area contributed by atoms with Crippen molar-refractivity contribution >= 4 is 15.7 Å². The number of hydrogen-bond donors (Lipinski definition) is 2. The molecule has 2 aromatic heterocycles. The molecule has 7 heteroatoms. The smallest absolute Gasteiger partial charge is 0.295 e. The third kappa shape index (κ3) is 2.63. The number of nitrogens with zero attached hydrogens (tertiary/aromatic N) is 1. The van der Waals surface area contributed by atoms with Crippen LogP contribution in [0.3, 0.4) is 0 Å². The maximum Gasteiger partial charge on any atom is 0.295 e. The fraction of sp³-hybridized carbons (Fsp3) is 0.100. The fourth-order valence-electron chi connectivity index (χ4n) is 1.21. The number of pyridine rings is 1. The van der Waals surface area contributed by atoms with Crippen molar-refractivity contribution in [3.05, 3.63) is 42.4 Å². The average Bonchev–Trinajstić information content (AvgIpc) is 2.79. The Morgan fingerprint density at radius 1 is 1.24 bits per heavy atom.